The van der Waals surface area contributed by atoms with E-state index in [9.17, 15) is 17.1 Å². The molecule has 0 N–H and O–H groups in total. The first-order valence-electron chi connectivity index (χ1n) is 6.34. The maximum atomic E-state index is 13.0. The molecule has 112 valence electrons. The quantitative estimate of drug-likeness (QED) is 0.750. The van der Waals surface area contributed by atoms with Crippen molar-refractivity contribution >= 4 is 16.3 Å². The molecule has 1 aliphatic carbocycles. The zero-order valence-corrected chi connectivity index (χ0v) is 12.7. The first-order chi connectivity index (χ1) is 8.45. The van der Waals surface area contributed by atoms with E-state index in [1.54, 1.807) is 20.8 Å². The van der Waals surface area contributed by atoms with Gasteiger partial charge in [0.25, 0.3) is 0 Å². The van der Waals surface area contributed by atoms with Crippen molar-refractivity contribution in [1.82, 2.24) is 4.90 Å². The normalized spacial score (nSPS) is 19.2. The Labute approximate surface area is 114 Å². The zero-order valence-electron chi connectivity index (χ0n) is 11.9. The Kier molecular flexibility index (Phi) is 4.49. The number of halogens is 1. The number of nitrogens with zero attached hydrogens (tertiary/aromatic N) is 1. The minimum Gasteiger partial charge on any atom is -0.444 e. The predicted octanol–water partition coefficient (Wildman–Crippen LogP) is 2.47. The lowest BCUT2D eigenvalue weighted by molar-refractivity contribution is 0.00971. The van der Waals surface area contributed by atoms with Crippen LogP contribution in [0.5, 0.6) is 0 Å². The summed E-state index contributed by atoms with van der Waals surface area (Å²) in [6.45, 7) is 5.18. The van der Waals surface area contributed by atoms with Crippen LogP contribution in [-0.2, 0) is 15.0 Å². The lowest BCUT2D eigenvalue weighted by Crippen LogP contribution is -2.52. The molecule has 1 amide bonds. The molecule has 1 saturated carbocycles. The van der Waals surface area contributed by atoms with Gasteiger partial charge in [-0.25, -0.2) is 4.79 Å². The average Bonchev–Trinajstić information content (AvgIpc) is 2.60. The SMILES string of the molecule is CN(C(=O)OC(C)(C)C)C1(CS(=O)(=O)F)CCCC1. The first-order valence-corrected chi connectivity index (χ1v) is 7.90. The third-order valence-corrected chi connectivity index (χ3v) is 4.24. The Morgan fingerprint density at radius 3 is 2.16 bits per heavy atom. The predicted molar refractivity (Wildman–Crippen MR) is 70.1 cm³/mol. The third kappa shape index (κ3) is 4.63. The van der Waals surface area contributed by atoms with E-state index in [0.717, 1.165) is 12.8 Å². The molecule has 0 atom stereocenters. The van der Waals surface area contributed by atoms with E-state index >= 15 is 0 Å². The second-order valence-electron chi connectivity index (χ2n) is 6.15. The summed E-state index contributed by atoms with van der Waals surface area (Å²) in [6.07, 6.45) is 1.90. The fourth-order valence-electron chi connectivity index (χ4n) is 2.45. The van der Waals surface area contributed by atoms with Gasteiger partial charge < -0.3 is 9.64 Å². The van der Waals surface area contributed by atoms with E-state index in [0.29, 0.717) is 12.8 Å². The van der Waals surface area contributed by atoms with Crippen molar-refractivity contribution in [3.05, 3.63) is 0 Å². The van der Waals surface area contributed by atoms with Gasteiger partial charge in [0.2, 0.25) is 0 Å². The number of ether oxygens (including phenoxy) is 1. The monoisotopic (exact) mass is 295 g/mol. The third-order valence-electron chi connectivity index (χ3n) is 3.35. The minimum atomic E-state index is -4.64. The number of carbonyl (C=O) groups excluding carboxylic acids is 1. The topological polar surface area (TPSA) is 63.7 Å². The Morgan fingerprint density at radius 1 is 1.32 bits per heavy atom. The summed E-state index contributed by atoms with van der Waals surface area (Å²) in [4.78, 5) is 13.3. The lowest BCUT2D eigenvalue weighted by atomic mass is 9.99. The maximum absolute atomic E-state index is 13.0. The summed E-state index contributed by atoms with van der Waals surface area (Å²) in [5, 5.41) is 0. The fraction of sp³-hybridized carbons (Fsp3) is 0.917. The molecule has 0 unspecified atom stereocenters. The Balaban J connectivity index is 2.90. The van der Waals surface area contributed by atoms with Crippen molar-refractivity contribution in [2.75, 3.05) is 12.8 Å². The minimum absolute atomic E-state index is 0.478. The number of hydrogen-bond donors (Lipinski definition) is 0. The number of rotatable bonds is 3. The summed E-state index contributed by atoms with van der Waals surface area (Å²) in [5.41, 5.74) is -1.64. The van der Waals surface area contributed by atoms with Crippen molar-refractivity contribution in [3.8, 4) is 0 Å². The van der Waals surface area contributed by atoms with E-state index in [-0.39, 0.29) is 0 Å². The van der Waals surface area contributed by atoms with Crippen LogP contribution < -0.4 is 0 Å². The number of carbonyl (C=O) groups is 1. The summed E-state index contributed by atoms with van der Waals surface area (Å²) >= 11 is 0. The largest absolute Gasteiger partial charge is 0.444 e. The average molecular weight is 295 g/mol. The summed E-state index contributed by atoms with van der Waals surface area (Å²) in [6, 6.07) is 0. The van der Waals surface area contributed by atoms with Crippen LogP contribution in [0.3, 0.4) is 0 Å². The molecule has 0 aliphatic heterocycles. The van der Waals surface area contributed by atoms with Gasteiger partial charge in [0, 0.05) is 7.05 Å². The molecule has 0 saturated heterocycles. The summed E-state index contributed by atoms with van der Waals surface area (Å²) in [7, 11) is -3.16. The van der Waals surface area contributed by atoms with Crippen LogP contribution in [0.2, 0.25) is 0 Å². The van der Waals surface area contributed by atoms with Gasteiger partial charge in [-0.15, -0.1) is 3.89 Å². The van der Waals surface area contributed by atoms with Crippen LogP contribution in [0.1, 0.15) is 46.5 Å². The molecule has 0 aromatic rings. The molecule has 0 bridgehead atoms. The van der Waals surface area contributed by atoms with Crippen LogP contribution in [0, 0.1) is 0 Å². The van der Waals surface area contributed by atoms with Gasteiger partial charge in [-0.3, -0.25) is 0 Å². The molecule has 1 rings (SSSR count). The van der Waals surface area contributed by atoms with Gasteiger partial charge in [-0.1, -0.05) is 12.8 Å². The van der Waals surface area contributed by atoms with Crippen molar-refractivity contribution in [2.45, 2.75) is 57.6 Å². The van der Waals surface area contributed by atoms with Crippen molar-refractivity contribution in [3.63, 3.8) is 0 Å². The van der Waals surface area contributed by atoms with E-state index in [1.807, 2.05) is 0 Å². The molecule has 5 nitrogen and oxygen atoms in total. The van der Waals surface area contributed by atoms with Gasteiger partial charge in [-0.2, -0.15) is 8.42 Å². The molecule has 0 heterocycles. The molecule has 0 aromatic heterocycles. The highest BCUT2D eigenvalue weighted by Gasteiger charge is 2.45. The molecule has 1 fully saturated rings. The van der Waals surface area contributed by atoms with Crippen molar-refractivity contribution in [1.29, 1.82) is 0 Å². The standard InChI is InChI=1S/C12H22FNO4S/c1-11(2,3)18-10(15)14(4)12(7-5-6-8-12)9-19(13,16)17/h5-9H2,1-4H3. The molecule has 1 aliphatic rings. The lowest BCUT2D eigenvalue weighted by Gasteiger charge is -2.38. The molecule has 19 heavy (non-hydrogen) atoms. The molecule has 7 heteroatoms. The van der Waals surface area contributed by atoms with E-state index in [1.165, 1.54) is 11.9 Å². The van der Waals surface area contributed by atoms with Crippen molar-refractivity contribution in [2.24, 2.45) is 0 Å². The van der Waals surface area contributed by atoms with Gasteiger partial charge in [0.05, 0.1) is 5.54 Å². The highest BCUT2D eigenvalue weighted by molar-refractivity contribution is 7.86. The number of amides is 1. The van der Waals surface area contributed by atoms with Gasteiger partial charge >= 0.3 is 16.3 Å². The van der Waals surface area contributed by atoms with Crippen LogP contribution in [0.4, 0.5) is 8.68 Å². The Bertz CT molecular complexity index is 435. The highest BCUT2D eigenvalue weighted by atomic mass is 32.3. The Hall–Kier alpha value is -0.850. The van der Waals surface area contributed by atoms with Crippen LogP contribution in [-0.4, -0.2) is 43.4 Å². The van der Waals surface area contributed by atoms with Gasteiger partial charge in [-0.05, 0) is 33.6 Å². The zero-order chi connectivity index (χ0) is 14.9. The van der Waals surface area contributed by atoms with E-state index in [2.05, 4.69) is 0 Å². The van der Waals surface area contributed by atoms with Crippen LogP contribution in [0.15, 0.2) is 0 Å². The van der Waals surface area contributed by atoms with Crippen LogP contribution in [0.25, 0.3) is 0 Å². The molecule has 0 aromatic carbocycles. The Morgan fingerprint density at radius 2 is 1.79 bits per heavy atom. The molecule has 0 spiro atoms. The molecular weight excluding hydrogens is 273 g/mol. The van der Waals surface area contributed by atoms with Gasteiger partial charge in [0.1, 0.15) is 11.4 Å². The van der Waals surface area contributed by atoms with E-state index < -0.39 is 33.2 Å². The fourth-order valence-corrected chi connectivity index (χ4v) is 3.58. The van der Waals surface area contributed by atoms with Crippen molar-refractivity contribution < 1.29 is 21.8 Å². The summed E-state index contributed by atoms with van der Waals surface area (Å²) < 4.78 is 40.2. The second-order valence-corrected chi connectivity index (χ2v) is 7.52. The highest BCUT2D eigenvalue weighted by Crippen LogP contribution is 2.36. The smallest absolute Gasteiger partial charge is 0.410 e. The first kappa shape index (κ1) is 16.2. The second kappa shape index (κ2) is 5.26. The molecule has 0 radical (unpaired) electrons. The molecular formula is C12H22FNO4S. The van der Waals surface area contributed by atoms with Crippen LogP contribution >= 0.6 is 0 Å². The number of hydrogen-bond acceptors (Lipinski definition) is 4. The van der Waals surface area contributed by atoms with E-state index in [4.69, 9.17) is 4.74 Å². The maximum Gasteiger partial charge on any atom is 0.410 e. The summed E-state index contributed by atoms with van der Waals surface area (Å²) in [5.74, 6) is -0.657. The van der Waals surface area contributed by atoms with Gasteiger partial charge in [0.15, 0.2) is 0 Å².